The zero-order chi connectivity index (χ0) is 13.8. The Bertz CT molecular complexity index is 760. The average molecular weight is 263 g/mol. The molecule has 20 heavy (non-hydrogen) atoms. The van der Waals surface area contributed by atoms with Gasteiger partial charge in [-0.25, -0.2) is 4.98 Å². The van der Waals surface area contributed by atoms with Gasteiger partial charge >= 0.3 is 0 Å². The van der Waals surface area contributed by atoms with Crippen LogP contribution in [0.2, 0.25) is 0 Å². The SMILES string of the molecule is N#Cc1cc(-c2nc(Cc3ccncc3)no2)ccn1. The third-order valence-electron chi connectivity index (χ3n) is 2.70. The molecule has 3 aromatic rings. The fraction of sp³-hybridized carbons (Fsp3) is 0.0714. The fourth-order valence-corrected chi connectivity index (χ4v) is 1.75. The molecule has 96 valence electrons. The maximum absolute atomic E-state index is 8.82. The summed E-state index contributed by atoms with van der Waals surface area (Å²) in [7, 11) is 0. The summed E-state index contributed by atoms with van der Waals surface area (Å²) < 4.78 is 5.21. The normalized spacial score (nSPS) is 10.2. The number of hydrogen-bond acceptors (Lipinski definition) is 6. The van der Waals surface area contributed by atoms with Crippen LogP contribution in [0.5, 0.6) is 0 Å². The van der Waals surface area contributed by atoms with Crippen LogP contribution in [0.1, 0.15) is 17.1 Å². The summed E-state index contributed by atoms with van der Waals surface area (Å²) in [5, 5.41) is 12.8. The summed E-state index contributed by atoms with van der Waals surface area (Å²) in [5.41, 5.74) is 2.06. The molecule has 0 aliphatic heterocycles. The summed E-state index contributed by atoms with van der Waals surface area (Å²) in [6.45, 7) is 0. The monoisotopic (exact) mass is 263 g/mol. The molecule has 0 saturated heterocycles. The predicted molar refractivity (Wildman–Crippen MR) is 69.3 cm³/mol. The number of hydrogen-bond donors (Lipinski definition) is 0. The summed E-state index contributed by atoms with van der Waals surface area (Å²) in [4.78, 5) is 12.2. The molecule has 0 atom stereocenters. The first-order chi connectivity index (χ1) is 9.85. The Balaban J connectivity index is 1.85. The molecule has 6 nitrogen and oxygen atoms in total. The lowest BCUT2D eigenvalue weighted by molar-refractivity contribution is 0.424. The third kappa shape index (κ3) is 2.52. The second kappa shape index (κ2) is 5.28. The van der Waals surface area contributed by atoms with Gasteiger partial charge in [0.2, 0.25) is 0 Å². The highest BCUT2D eigenvalue weighted by molar-refractivity contribution is 5.54. The summed E-state index contributed by atoms with van der Waals surface area (Å²) in [6, 6.07) is 9.12. The predicted octanol–water partition coefficient (Wildman–Crippen LogP) is 1.99. The Morgan fingerprint density at radius 1 is 1.15 bits per heavy atom. The molecule has 3 rings (SSSR count). The van der Waals surface area contributed by atoms with Crippen LogP contribution in [-0.2, 0) is 6.42 Å². The molecule has 0 saturated carbocycles. The van der Waals surface area contributed by atoms with Crippen molar-refractivity contribution >= 4 is 0 Å². The number of nitriles is 1. The summed E-state index contributed by atoms with van der Waals surface area (Å²) in [6.07, 6.45) is 5.56. The van der Waals surface area contributed by atoms with Gasteiger partial charge in [0, 0.05) is 30.6 Å². The lowest BCUT2D eigenvalue weighted by Gasteiger charge is -1.94. The van der Waals surface area contributed by atoms with Gasteiger partial charge in [0.15, 0.2) is 5.82 Å². The number of rotatable bonds is 3. The quantitative estimate of drug-likeness (QED) is 0.718. The zero-order valence-electron chi connectivity index (χ0n) is 10.4. The van der Waals surface area contributed by atoms with Crippen LogP contribution in [0.3, 0.4) is 0 Å². The molecule has 6 heteroatoms. The van der Waals surface area contributed by atoms with Gasteiger partial charge in [0.25, 0.3) is 5.89 Å². The van der Waals surface area contributed by atoms with Crippen LogP contribution in [0.4, 0.5) is 0 Å². The number of pyridine rings is 2. The Kier molecular flexibility index (Phi) is 3.17. The fourth-order valence-electron chi connectivity index (χ4n) is 1.75. The smallest absolute Gasteiger partial charge is 0.258 e. The van der Waals surface area contributed by atoms with Crippen molar-refractivity contribution in [3.63, 3.8) is 0 Å². The molecule has 0 fully saturated rings. The Labute approximate surface area is 114 Å². The lowest BCUT2D eigenvalue weighted by atomic mass is 10.2. The van der Waals surface area contributed by atoms with E-state index in [2.05, 4.69) is 20.1 Å². The summed E-state index contributed by atoms with van der Waals surface area (Å²) in [5.74, 6) is 0.967. The van der Waals surface area contributed by atoms with E-state index >= 15 is 0 Å². The van der Waals surface area contributed by atoms with E-state index in [-0.39, 0.29) is 0 Å². The van der Waals surface area contributed by atoms with Gasteiger partial charge in [-0.05, 0) is 29.8 Å². The molecule has 3 aromatic heterocycles. The average Bonchev–Trinajstić information content (AvgIpc) is 2.97. The van der Waals surface area contributed by atoms with Crippen LogP contribution >= 0.6 is 0 Å². The van der Waals surface area contributed by atoms with Crippen LogP contribution in [-0.4, -0.2) is 20.1 Å². The van der Waals surface area contributed by atoms with Crippen LogP contribution in [0.15, 0.2) is 47.4 Å². The largest absolute Gasteiger partial charge is 0.334 e. The minimum Gasteiger partial charge on any atom is -0.334 e. The number of nitrogens with zero attached hydrogens (tertiary/aromatic N) is 5. The third-order valence-corrected chi connectivity index (χ3v) is 2.70. The molecule has 0 bridgehead atoms. The van der Waals surface area contributed by atoms with Gasteiger partial charge < -0.3 is 4.52 Å². The van der Waals surface area contributed by atoms with Gasteiger partial charge in [0.1, 0.15) is 11.8 Å². The highest BCUT2D eigenvalue weighted by Gasteiger charge is 2.10. The maximum Gasteiger partial charge on any atom is 0.258 e. The van der Waals surface area contributed by atoms with E-state index in [9.17, 15) is 0 Å². The Hall–Kier alpha value is -3.07. The van der Waals surface area contributed by atoms with Crippen molar-refractivity contribution in [2.24, 2.45) is 0 Å². The first kappa shape index (κ1) is 12.0. The van der Waals surface area contributed by atoms with Gasteiger partial charge in [-0.1, -0.05) is 5.16 Å². The minimum atomic E-state index is 0.316. The van der Waals surface area contributed by atoms with Crippen LogP contribution < -0.4 is 0 Å². The van der Waals surface area contributed by atoms with E-state index in [1.165, 1.54) is 0 Å². The highest BCUT2D eigenvalue weighted by Crippen LogP contribution is 2.18. The highest BCUT2D eigenvalue weighted by atomic mass is 16.5. The van der Waals surface area contributed by atoms with Crippen molar-refractivity contribution in [1.29, 1.82) is 5.26 Å². The van der Waals surface area contributed by atoms with E-state index in [1.54, 1.807) is 30.7 Å². The Morgan fingerprint density at radius 2 is 2.00 bits per heavy atom. The standard InChI is InChI=1S/C14H9N5O/c15-9-12-8-11(3-6-17-12)14-18-13(19-20-14)7-10-1-4-16-5-2-10/h1-6,8H,7H2. The van der Waals surface area contributed by atoms with Gasteiger partial charge in [-0.3, -0.25) is 4.98 Å². The topological polar surface area (TPSA) is 88.5 Å². The molecule has 0 N–H and O–H groups in total. The second-order valence-corrected chi connectivity index (χ2v) is 4.09. The zero-order valence-corrected chi connectivity index (χ0v) is 10.4. The van der Waals surface area contributed by atoms with Gasteiger partial charge in [-0.2, -0.15) is 10.2 Å². The van der Waals surface area contributed by atoms with Crippen LogP contribution in [0.25, 0.3) is 11.5 Å². The Morgan fingerprint density at radius 3 is 2.80 bits per heavy atom. The van der Waals surface area contributed by atoms with Crippen molar-refractivity contribution < 1.29 is 4.52 Å². The van der Waals surface area contributed by atoms with Crippen LogP contribution in [0, 0.1) is 11.3 Å². The van der Waals surface area contributed by atoms with Crippen molar-refractivity contribution in [2.45, 2.75) is 6.42 Å². The van der Waals surface area contributed by atoms with E-state index in [1.807, 2.05) is 18.2 Å². The molecule has 0 aromatic carbocycles. The molecule has 0 aliphatic rings. The summed E-state index contributed by atoms with van der Waals surface area (Å²) >= 11 is 0. The van der Waals surface area contributed by atoms with E-state index < -0.39 is 0 Å². The van der Waals surface area contributed by atoms with E-state index in [0.717, 1.165) is 5.56 Å². The number of aromatic nitrogens is 4. The molecule has 3 heterocycles. The molecule has 0 spiro atoms. The van der Waals surface area contributed by atoms with Gasteiger partial charge in [-0.15, -0.1) is 0 Å². The van der Waals surface area contributed by atoms with Crippen molar-refractivity contribution in [2.75, 3.05) is 0 Å². The first-order valence-electron chi connectivity index (χ1n) is 5.93. The lowest BCUT2D eigenvalue weighted by Crippen LogP contribution is -1.91. The second-order valence-electron chi connectivity index (χ2n) is 4.09. The molecule has 0 aliphatic carbocycles. The first-order valence-corrected chi connectivity index (χ1v) is 5.93. The van der Waals surface area contributed by atoms with Crippen molar-refractivity contribution in [3.05, 3.63) is 59.9 Å². The minimum absolute atomic E-state index is 0.316. The maximum atomic E-state index is 8.82. The van der Waals surface area contributed by atoms with E-state index in [4.69, 9.17) is 9.78 Å². The van der Waals surface area contributed by atoms with Crippen molar-refractivity contribution in [1.82, 2.24) is 20.1 Å². The molecular formula is C14H9N5O. The van der Waals surface area contributed by atoms with Crippen molar-refractivity contribution in [3.8, 4) is 17.5 Å². The molecule has 0 unspecified atom stereocenters. The van der Waals surface area contributed by atoms with Gasteiger partial charge in [0.05, 0.1) is 0 Å². The molecule has 0 amide bonds. The molecule has 0 radical (unpaired) electrons. The molecular weight excluding hydrogens is 254 g/mol. The van der Waals surface area contributed by atoms with E-state index in [0.29, 0.717) is 29.4 Å².